The molecule has 1 aliphatic carbocycles. The quantitative estimate of drug-likeness (QED) is 0.789. The number of likely N-dealkylation sites (N-methyl/N-ethyl adjacent to an activating group) is 1. The molecule has 1 N–H and O–H groups in total. The van der Waals surface area contributed by atoms with E-state index in [0.717, 1.165) is 12.8 Å². The zero-order valence-corrected chi connectivity index (χ0v) is 15.6. The molecule has 2 aliphatic rings. The molecule has 1 aromatic rings. The summed E-state index contributed by atoms with van der Waals surface area (Å²) in [5.41, 5.74) is 1.39. The van der Waals surface area contributed by atoms with Crippen molar-refractivity contribution in [1.29, 1.82) is 0 Å². The molecule has 0 atom stereocenters. The van der Waals surface area contributed by atoms with Gasteiger partial charge in [-0.05, 0) is 25.5 Å². The summed E-state index contributed by atoms with van der Waals surface area (Å²) in [7, 11) is 1.81. The zero-order valence-electron chi connectivity index (χ0n) is 15.6. The Morgan fingerprint density at radius 1 is 1.15 bits per heavy atom. The van der Waals surface area contributed by atoms with Crippen molar-refractivity contribution >= 4 is 11.8 Å². The molecule has 2 fully saturated rings. The first-order valence-electron chi connectivity index (χ1n) is 9.45. The van der Waals surface area contributed by atoms with Crippen molar-refractivity contribution in [3.63, 3.8) is 0 Å². The summed E-state index contributed by atoms with van der Waals surface area (Å²) in [4.78, 5) is 28.2. The van der Waals surface area contributed by atoms with Crippen LogP contribution in [0.4, 0.5) is 0 Å². The number of nitrogens with one attached hydrogen (secondary N) is 1. The predicted octanol–water partition coefficient (Wildman–Crippen LogP) is 1.02. The molecule has 1 saturated heterocycles. The van der Waals surface area contributed by atoms with Crippen LogP contribution in [0.1, 0.15) is 24.8 Å². The Kier molecular flexibility index (Phi) is 6.27. The van der Waals surface area contributed by atoms with E-state index in [1.807, 2.05) is 13.1 Å². The molecular formula is C20H29N3O3. The number of carbonyl (C=O) groups excluding carboxylic acids is 2. The normalized spacial score (nSPS) is 19.1. The van der Waals surface area contributed by atoms with Gasteiger partial charge in [0.15, 0.2) is 0 Å². The smallest absolute Gasteiger partial charge is 0.236 e. The third kappa shape index (κ3) is 4.62. The topological polar surface area (TPSA) is 61.9 Å². The van der Waals surface area contributed by atoms with E-state index in [0.29, 0.717) is 32.8 Å². The second-order valence-electron chi connectivity index (χ2n) is 7.44. The molecule has 0 aromatic heterocycles. The lowest BCUT2D eigenvalue weighted by atomic mass is 9.64. The fourth-order valence-corrected chi connectivity index (χ4v) is 3.73. The lowest BCUT2D eigenvalue weighted by Crippen LogP contribution is -2.49. The van der Waals surface area contributed by atoms with Crippen molar-refractivity contribution in [3.8, 4) is 0 Å². The van der Waals surface area contributed by atoms with E-state index in [1.54, 1.807) is 9.80 Å². The molecule has 6 nitrogen and oxygen atoms in total. The molecular weight excluding hydrogens is 330 g/mol. The van der Waals surface area contributed by atoms with Gasteiger partial charge in [-0.15, -0.1) is 0 Å². The molecule has 0 unspecified atom stereocenters. The molecule has 0 radical (unpaired) electrons. The average Bonchev–Trinajstić information content (AvgIpc) is 2.62. The highest BCUT2D eigenvalue weighted by Gasteiger charge is 2.38. The summed E-state index contributed by atoms with van der Waals surface area (Å²) in [6, 6.07) is 10.4. The van der Waals surface area contributed by atoms with E-state index in [9.17, 15) is 9.59 Å². The third-order valence-electron chi connectivity index (χ3n) is 5.50. The lowest BCUT2D eigenvalue weighted by Gasteiger charge is -2.42. The number of morpholine rings is 1. The van der Waals surface area contributed by atoms with Crippen molar-refractivity contribution in [3.05, 3.63) is 35.9 Å². The van der Waals surface area contributed by atoms with Crippen molar-refractivity contribution in [2.75, 3.05) is 53.0 Å². The van der Waals surface area contributed by atoms with Crippen LogP contribution >= 0.6 is 0 Å². The number of amides is 2. The standard InChI is InChI=1S/C20H29N3O3/c1-22(15-19(25)23-10-12-26-13-11-23)14-18(24)21-16-20(8-5-9-20)17-6-3-2-4-7-17/h2-4,6-7H,5,8-16H2,1H3,(H,21,24). The van der Waals surface area contributed by atoms with E-state index in [-0.39, 0.29) is 30.3 Å². The second kappa shape index (κ2) is 8.64. The van der Waals surface area contributed by atoms with Crippen LogP contribution in [-0.4, -0.2) is 74.6 Å². The van der Waals surface area contributed by atoms with Crippen LogP contribution in [0.25, 0.3) is 0 Å². The largest absolute Gasteiger partial charge is 0.378 e. The molecule has 1 aliphatic heterocycles. The van der Waals surface area contributed by atoms with Gasteiger partial charge in [0.25, 0.3) is 0 Å². The fourth-order valence-electron chi connectivity index (χ4n) is 3.73. The van der Waals surface area contributed by atoms with Crippen LogP contribution in [0, 0.1) is 0 Å². The van der Waals surface area contributed by atoms with Crippen LogP contribution in [-0.2, 0) is 19.7 Å². The molecule has 0 bridgehead atoms. The first-order chi connectivity index (χ1) is 12.6. The molecule has 142 valence electrons. The van der Waals surface area contributed by atoms with Crippen LogP contribution in [0.3, 0.4) is 0 Å². The van der Waals surface area contributed by atoms with E-state index in [1.165, 1.54) is 12.0 Å². The monoisotopic (exact) mass is 359 g/mol. The van der Waals surface area contributed by atoms with Gasteiger partial charge in [-0.1, -0.05) is 36.8 Å². The Hall–Kier alpha value is -1.92. The Bertz CT molecular complexity index is 610. The van der Waals surface area contributed by atoms with Crippen molar-refractivity contribution < 1.29 is 14.3 Å². The minimum Gasteiger partial charge on any atom is -0.378 e. The maximum atomic E-state index is 12.3. The molecule has 26 heavy (non-hydrogen) atoms. The average molecular weight is 359 g/mol. The number of hydrogen-bond acceptors (Lipinski definition) is 4. The second-order valence-corrected chi connectivity index (χ2v) is 7.44. The highest BCUT2D eigenvalue weighted by Crippen LogP contribution is 2.43. The Morgan fingerprint density at radius 3 is 2.46 bits per heavy atom. The van der Waals surface area contributed by atoms with Crippen molar-refractivity contribution in [1.82, 2.24) is 15.1 Å². The number of ether oxygens (including phenoxy) is 1. The SMILES string of the molecule is CN(CC(=O)NCC1(c2ccccc2)CCC1)CC(=O)N1CCOCC1. The summed E-state index contributed by atoms with van der Waals surface area (Å²) in [6.07, 6.45) is 3.43. The highest BCUT2D eigenvalue weighted by molar-refractivity contribution is 5.81. The minimum atomic E-state index is -0.0236. The highest BCUT2D eigenvalue weighted by atomic mass is 16.5. The van der Waals surface area contributed by atoms with Crippen LogP contribution in [0.15, 0.2) is 30.3 Å². The van der Waals surface area contributed by atoms with Gasteiger partial charge in [0.05, 0.1) is 26.3 Å². The van der Waals surface area contributed by atoms with E-state index < -0.39 is 0 Å². The van der Waals surface area contributed by atoms with Crippen LogP contribution < -0.4 is 5.32 Å². The van der Waals surface area contributed by atoms with E-state index in [4.69, 9.17) is 4.74 Å². The van der Waals surface area contributed by atoms with Gasteiger partial charge in [0, 0.05) is 25.0 Å². The maximum Gasteiger partial charge on any atom is 0.236 e. The summed E-state index contributed by atoms with van der Waals surface area (Å²) in [6.45, 7) is 3.63. The number of carbonyl (C=O) groups is 2. The number of hydrogen-bond donors (Lipinski definition) is 1. The summed E-state index contributed by atoms with van der Waals surface area (Å²) >= 11 is 0. The lowest BCUT2D eigenvalue weighted by molar-refractivity contribution is -0.136. The maximum absolute atomic E-state index is 12.3. The molecule has 6 heteroatoms. The fraction of sp³-hybridized carbons (Fsp3) is 0.600. The molecule has 3 rings (SSSR count). The Morgan fingerprint density at radius 2 is 1.85 bits per heavy atom. The van der Waals surface area contributed by atoms with Gasteiger partial charge >= 0.3 is 0 Å². The predicted molar refractivity (Wildman–Crippen MR) is 99.9 cm³/mol. The summed E-state index contributed by atoms with van der Waals surface area (Å²) in [5.74, 6) is 0.0350. The van der Waals surface area contributed by atoms with Gasteiger partial charge in [0.1, 0.15) is 0 Å². The van der Waals surface area contributed by atoms with Crippen molar-refractivity contribution in [2.45, 2.75) is 24.7 Å². The first kappa shape index (κ1) is 18.9. The molecule has 1 heterocycles. The van der Waals surface area contributed by atoms with Gasteiger partial charge < -0.3 is 15.0 Å². The van der Waals surface area contributed by atoms with Gasteiger partial charge in [-0.2, -0.15) is 0 Å². The Balaban J connectivity index is 1.44. The number of rotatable bonds is 7. The Labute approximate surface area is 155 Å². The van der Waals surface area contributed by atoms with Gasteiger partial charge in [0.2, 0.25) is 11.8 Å². The van der Waals surface area contributed by atoms with Crippen molar-refractivity contribution in [2.24, 2.45) is 0 Å². The van der Waals surface area contributed by atoms with Crippen LogP contribution in [0.5, 0.6) is 0 Å². The third-order valence-corrected chi connectivity index (χ3v) is 5.50. The molecule has 1 saturated carbocycles. The van der Waals surface area contributed by atoms with Gasteiger partial charge in [-0.25, -0.2) is 0 Å². The first-order valence-corrected chi connectivity index (χ1v) is 9.45. The van der Waals surface area contributed by atoms with Crippen LogP contribution in [0.2, 0.25) is 0 Å². The number of benzene rings is 1. The summed E-state index contributed by atoms with van der Waals surface area (Å²) < 4.78 is 5.26. The summed E-state index contributed by atoms with van der Waals surface area (Å²) in [5, 5.41) is 3.08. The number of nitrogens with zero attached hydrogens (tertiary/aromatic N) is 2. The van der Waals surface area contributed by atoms with Gasteiger partial charge in [-0.3, -0.25) is 14.5 Å². The molecule has 1 aromatic carbocycles. The zero-order chi connectivity index (χ0) is 18.4. The van der Waals surface area contributed by atoms with E-state index >= 15 is 0 Å². The molecule has 2 amide bonds. The van der Waals surface area contributed by atoms with E-state index in [2.05, 4.69) is 29.6 Å². The molecule has 0 spiro atoms. The minimum absolute atomic E-state index is 0.0236.